The van der Waals surface area contributed by atoms with Crippen LogP contribution in [0.1, 0.15) is 27.2 Å². The molecule has 0 saturated carbocycles. The van der Waals surface area contributed by atoms with Crippen molar-refractivity contribution in [3.8, 4) is 0 Å². The molecular formula is C13H28N2O. The Bertz CT molecular complexity index is 177. The van der Waals surface area contributed by atoms with Gasteiger partial charge in [-0.25, -0.2) is 0 Å². The minimum atomic E-state index is 0.488. The van der Waals surface area contributed by atoms with Crippen molar-refractivity contribution in [2.45, 2.75) is 33.2 Å². The lowest BCUT2D eigenvalue weighted by molar-refractivity contribution is 0.144. The highest BCUT2D eigenvalue weighted by Gasteiger charge is 2.27. The quantitative estimate of drug-likeness (QED) is 0.716. The third kappa shape index (κ3) is 4.40. The second-order valence-corrected chi connectivity index (χ2v) is 5.28. The van der Waals surface area contributed by atoms with E-state index in [0.29, 0.717) is 6.04 Å². The third-order valence-corrected chi connectivity index (χ3v) is 3.59. The molecule has 0 bridgehead atoms. The average molecular weight is 228 g/mol. The van der Waals surface area contributed by atoms with E-state index in [1.54, 1.807) is 7.11 Å². The SMILES string of the molecule is CCCNC(COC)CN1CC(C)C(C)C1. The normalized spacial score (nSPS) is 28.5. The summed E-state index contributed by atoms with van der Waals surface area (Å²) in [4.78, 5) is 2.57. The Labute approximate surface area is 101 Å². The number of nitrogens with zero attached hydrogens (tertiary/aromatic N) is 1. The molecule has 1 N–H and O–H groups in total. The molecule has 0 aliphatic carbocycles. The van der Waals surface area contributed by atoms with Crippen molar-refractivity contribution < 1.29 is 4.74 Å². The summed E-state index contributed by atoms with van der Waals surface area (Å²) >= 11 is 0. The molecule has 0 amide bonds. The van der Waals surface area contributed by atoms with Crippen LogP contribution in [0.25, 0.3) is 0 Å². The van der Waals surface area contributed by atoms with Gasteiger partial charge in [-0.15, -0.1) is 0 Å². The number of rotatable bonds is 7. The van der Waals surface area contributed by atoms with Gasteiger partial charge in [-0.1, -0.05) is 20.8 Å². The largest absolute Gasteiger partial charge is 0.383 e. The van der Waals surface area contributed by atoms with Crippen LogP contribution in [0, 0.1) is 11.8 Å². The highest BCUT2D eigenvalue weighted by Crippen LogP contribution is 2.21. The van der Waals surface area contributed by atoms with Crippen LogP contribution in [0.3, 0.4) is 0 Å². The molecule has 16 heavy (non-hydrogen) atoms. The zero-order valence-corrected chi connectivity index (χ0v) is 11.3. The zero-order chi connectivity index (χ0) is 12.0. The van der Waals surface area contributed by atoms with Crippen LogP contribution in [0.2, 0.25) is 0 Å². The highest BCUT2D eigenvalue weighted by atomic mass is 16.5. The summed E-state index contributed by atoms with van der Waals surface area (Å²) in [6.45, 7) is 12.4. The minimum Gasteiger partial charge on any atom is -0.383 e. The first-order chi connectivity index (χ1) is 7.67. The Balaban J connectivity index is 2.30. The van der Waals surface area contributed by atoms with E-state index in [9.17, 15) is 0 Å². The molecule has 1 aliphatic rings. The monoisotopic (exact) mass is 228 g/mol. The van der Waals surface area contributed by atoms with Crippen LogP contribution in [0.4, 0.5) is 0 Å². The summed E-state index contributed by atoms with van der Waals surface area (Å²) in [5, 5.41) is 3.56. The van der Waals surface area contributed by atoms with Gasteiger partial charge >= 0.3 is 0 Å². The lowest BCUT2D eigenvalue weighted by Crippen LogP contribution is -2.43. The van der Waals surface area contributed by atoms with Gasteiger partial charge in [0, 0.05) is 32.8 Å². The summed E-state index contributed by atoms with van der Waals surface area (Å²) in [6.07, 6.45) is 1.19. The number of ether oxygens (including phenoxy) is 1. The first-order valence-corrected chi connectivity index (χ1v) is 6.62. The van der Waals surface area contributed by atoms with Gasteiger partial charge in [0.2, 0.25) is 0 Å². The summed E-state index contributed by atoms with van der Waals surface area (Å²) in [7, 11) is 1.79. The maximum atomic E-state index is 5.28. The first-order valence-electron chi connectivity index (χ1n) is 6.62. The number of hydrogen-bond acceptors (Lipinski definition) is 3. The molecule has 3 nitrogen and oxygen atoms in total. The van der Waals surface area contributed by atoms with Crippen molar-refractivity contribution >= 4 is 0 Å². The van der Waals surface area contributed by atoms with E-state index in [0.717, 1.165) is 31.5 Å². The van der Waals surface area contributed by atoms with Crippen molar-refractivity contribution in [3.63, 3.8) is 0 Å². The first kappa shape index (κ1) is 13.9. The standard InChI is InChI=1S/C13H28N2O/c1-5-6-14-13(10-16-4)9-15-7-11(2)12(3)8-15/h11-14H,5-10H2,1-4H3. The summed E-state index contributed by atoms with van der Waals surface area (Å²) in [5.74, 6) is 1.68. The van der Waals surface area contributed by atoms with Gasteiger partial charge in [-0.2, -0.15) is 0 Å². The van der Waals surface area contributed by atoms with Crippen LogP contribution in [-0.2, 0) is 4.74 Å². The predicted octanol–water partition coefficient (Wildman–Crippen LogP) is 1.59. The molecule has 3 heteroatoms. The van der Waals surface area contributed by atoms with Crippen molar-refractivity contribution in [1.82, 2.24) is 10.2 Å². The lowest BCUT2D eigenvalue weighted by Gasteiger charge is -2.24. The van der Waals surface area contributed by atoms with Crippen LogP contribution < -0.4 is 5.32 Å². The number of hydrogen-bond donors (Lipinski definition) is 1. The van der Waals surface area contributed by atoms with Crippen molar-refractivity contribution in [3.05, 3.63) is 0 Å². The summed E-state index contributed by atoms with van der Waals surface area (Å²) < 4.78 is 5.28. The van der Waals surface area contributed by atoms with Gasteiger partial charge < -0.3 is 15.0 Å². The molecule has 0 radical (unpaired) electrons. The fourth-order valence-electron chi connectivity index (χ4n) is 2.44. The number of likely N-dealkylation sites (tertiary alicyclic amines) is 1. The van der Waals surface area contributed by atoms with Crippen LogP contribution >= 0.6 is 0 Å². The minimum absolute atomic E-state index is 0.488. The molecule has 1 rings (SSSR count). The Morgan fingerprint density at radius 2 is 1.94 bits per heavy atom. The molecule has 0 aromatic carbocycles. The number of nitrogens with one attached hydrogen (secondary N) is 1. The molecule has 0 aromatic rings. The maximum absolute atomic E-state index is 5.28. The van der Waals surface area contributed by atoms with Gasteiger partial charge in [-0.3, -0.25) is 0 Å². The Morgan fingerprint density at radius 3 is 2.44 bits per heavy atom. The lowest BCUT2D eigenvalue weighted by atomic mass is 10.0. The fraction of sp³-hybridized carbons (Fsp3) is 1.00. The molecule has 1 heterocycles. The van der Waals surface area contributed by atoms with Crippen molar-refractivity contribution in [1.29, 1.82) is 0 Å². The van der Waals surface area contributed by atoms with Gasteiger partial charge in [0.15, 0.2) is 0 Å². The maximum Gasteiger partial charge on any atom is 0.0628 e. The number of methoxy groups -OCH3 is 1. The Morgan fingerprint density at radius 1 is 1.31 bits per heavy atom. The van der Waals surface area contributed by atoms with Gasteiger partial charge in [0.05, 0.1) is 6.61 Å². The van der Waals surface area contributed by atoms with E-state index < -0.39 is 0 Å². The van der Waals surface area contributed by atoms with Gasteiger partial charge in [-0.05, 0) is 24.8 Å². The van der Waals surface area contributed by atoms with E-state index in [1.165, 1.54) is 19.5 Å². The van der Waals surface area contributed by atoms with E-state index in [-0.39, 0.29) is 0 Å². The van der Waals surface area contributed by atoms with E-state index >= 15 is 0 Å². The van der Waals surface area contributed by atoms with Crippen LogP contribution in [0.5, 0.6) is 0 Å². The zero-order valence-electron chi connectivity index (χ0n) is 11.3. The summed E-state index contributed by atoms with van der Waals surface area (Å²) in [5.41, 5.74) is 0. The fourth-order valence-corrected chi connectivity index (χ4v) is 2.44. The molecule has 0 aromatic heterocycles. The summed E-state index contributed by atoms with van der Waals surface area (Å²) in [6, 6.07) is 0.488. The van der Waals surface area contributed by atoms with Crippen molar-refractivity contribution in [2.24, 2.45) is 11.8 Å². The third-order valence-electron chi connectivity index (χ3n) is 3.59. The second-order valence-electron chi connectivity index (χ2n) is 5.28. The van der Waals surface area contributed by atoms with E-state index in [4.69, 9.17) is 4.74 Å². The van der Waals surface area contributed by atoms with Gasteiger partial charge in [0.25, 0.3) is 0 Å². The van der Waals surface area contributed by atoms with E-state index in [2.05, 4.69) is 31.0 Å². The molecular weight excluding hydrogens is 200 g/mol. The van der Waals surface area contributed by atoms with E-state index in [1.807, 2.05) is 0 Å². The van der Waals surface area contributed by atoms with Crippen molar-refractivity contribution in [2.75, 3.05) is 39.9 Å². The topological polar surface area (TPSA) is 24.5 Å². The van der Waals surface area contributed by atoms with Crippen LogP contribution in [0.15, 0.2) is 0 Å². The Kier molecular flexibility index (Phi) is 6.32. The predicted molar refractivity (Wildman–Crippen MR) is 68.7 cm³/mol. The van der Waals surface area contributed by atoms with Crippen LogP contribution in [-0.4, -0.2) is 50.8 Å². The molecule has 1 aliphatic heterocycles. The molecule has 0 spiro atoms. The highest BCUT2D eigenvalue weighted by molar-refractivity contribution is 4.82. The smallest absolute Gasteiger partial charge is 0.0628 e. The molecule has 3 atom stereocenters. The second kappa shape index (κ2) is 7.25. The molecule has 1 fully saturated rings. The Hall–Kier alpha value is -0.120. The molecule has 96 valence electrons. The molecule has 1 saturated heterocycles. The van der Waals surface area contributed by atoms with Gasteiger partial charge in [0.1, 0.15) is 0 Å². The molecule has 3 unspecified atom stereocenters. The average Bonchev–Trinajstić information content (AvgIpc) is 2.55.